The van der Waals surface area contributed by atoms with E-state index in [0.29, 0.717) is 0 Å². The maximum Gasteiger partial charge on any atom is 0.334 e. The Morgan fingerprint density at radius 3 is 1.18 bits per heavy atom. The van der Waals surface area contributed by atoms with Gasteiger partial charge in [0.15, 0.2) is 28.2 Å². The molecule has 154 valence electrons. The standard InChI is InChI=1S/C12F10O4S2/c13-1-3(15)7(19)11(8(20)4(1)16)26-27(23)28(24,25)12-9(21)5(17)2(14)6(18)10(12)22. The Hall–Kier alpha value is -2.36. The highest BCUT2D eigenvalue weighted by atomic mass is 33.2. The second-order valence-electron chi connectivity index (χ2n) is 4.54. The number of halogens is 10. The number of hydrogen-bond acceptors (Lipinski definition) is 4. The van der Waals surface area contributed by atoms with Gasteiger partial charge in [-0.05, 0) is 0 Å². The molecule has 0 aliphatic heterocycles. The molecule has 0 aromatic heterocycles. The lowest BCUT2D eigenvalue weighted by Crippen LogP contribution is -2.21. The summed E-state index contributed by atoms with van der Waals surface area (Å²) >= 11 is 0. The van der Waals surface area contributed by atoms with Crippen molar-refractivity contribution in [1.82, 2.24) is 0 Å². The van der Waals surface area contributed by atoms with E-state index in [0.717, 1.165) is 0 Å². The maximum atomic E-state index is 13.5. The van der Waals surface area contributed by atoms with Gasteiger partial charge in [-0.3, -0.25) is 0 Å². The summed E-state index contributed by atoms with van der Waals surface area (Å²) in [7, 11) is -10.7. The second kappa shape index (κ2) is 7.23. The van der Waals surface area contributed by atoms with Gasteiger partial charge >= 0.3 is 10.1 Å². The molecule has 2 aromatic carbocycles. The molecule has 0 saturated heterocycles. The third-order valence-corrected chi connectivity index (χ3v) is 6.22. The zero-order chi connectivity index (χ0) is 21.7. The van der Waals surface area contributed by atoms with Gasteiger partial charge in [-0.25, -0.2) is 43.5 Å². The minimum atomic E-state index is -6.25. The largest absolute Gasteiger partial charge is 0.383 e. The zero-order valence-corrected chi connectivity index (χ0v) is 13.9. The summed E-state index contributed by atoms with van der Waals surface area (Å²) in [6.07, 6.45) is 0. The van der Waals surface area contributed by atoms with Gasteiger partial charge in [-0.15, -0.1) is 0 Å². The maximum absolute atomic E-state index is 13.5. The molecule has 2 aromatic rings. The highest BCUT2D eigenvalue weighted by Crippen LogP contribution is 2.33. The summed E-state index contributed by atoms with van der Waals surface area (Å²) in [4.78, 5) is -2.72. The lowest BCUT2D eigenvalue weighted by molar-refractivity contribution is 0.352. The fourth-order valence-corrected chi connectivity index (χ4v) is 4.09. The highest BCUT2D eigenvalue weighted by Gasteiger charge is 2.40. The Morgan fingerprint density at radius 1 is 0.536 bits per heavy atom. The summed E-state index contributed by atoms with van der Waals surface area (Å²) in [5.74, 6) is -30.5. The minimum absolute atomic E-state index is 2.44. The van der Waals surface area contributed by atoms with Gasteiger partial charge in [-0.1, -0.05) is 0 Å². The van der Waals surface area contributed by atoms with Gasteiger partial charge in [0.25, 0.3) is 8.87 Å². The molecular weight excluding hydrogens is 462 g/mol. The predicted molar refractivity (Wildman–Crippen MR) is 68.4 cm³/mol. The summed E-state index contributed by atoms with van der Waals surface area (Å²) in [5.41, 5.74) is 0. The van der Waals surface area contributed by atoms with E-state index in [1.807, 2.05) is 0 Å². The monoisotopic (exact) mass is 462 g/mol. The Labute approximate surface area is 149 Å². The van der Waals surface area contributed by atoms with E-state index >= 15 is 0 Å². The van der Waals surface area contributed by atoms with Crippen molar-refractivity contribution in [2.75, 3.05) is 0 Å². The SMILES string of the molecule is O=S(Oc1c(F)c(F)c(F)c(F)c1F)S(=O)(=O)c1c(F)c(F)c(F)c(F)c1F. The molecule has 0 saturated carbocycles. The summed E-state index contributed by atoms with van der Waals surface area (Å²) < 4.78 is 171. The van der Waals surface area contributed by atoms with Crippen LogP contribution in [0.3, 0.4) is 0 Å². The average molecular weight is 462 g/mol. The number of rotatable bonds is 4. The fourth-order valence-electron chi connectivity index (χ4n) is 1.64. The lowest BCUT2D eigenvalue weighted by atomic mass is 10.3. The van der Waals surface area contributed by atoms with Crippen molar-refractivity contribution < 1.29 is 60.7 Å². The van der Waals surface area contributed by atoms with Gasteiger partial charge in [0, 0.05) is 0 Å². The summed E-state index contributed by atoms with van der Waals surface area (Å²) in [5, 5.41) is 0. The van der Waals surface area contributed by atoms with E-state index in [-0.39, 0.29) is 0 Å². The number of hydrogen-bond donors (Lipinski definition) is 0. The van der Waals surface area contributed by atoms with E-state index < -0.39 is 87.8 Å². The van der Waals surface area contributed by atoms with Crippen LogP contribution in [-0.2, 0) is 19.0 Å². The first-order valence-corrected chi connectivity index (χ1v) is 9.21. The summed E-state index contributed by atoms with van der Waals surface area (Å²) in [6, 6.07) is 0. The zero-order valence-electron chi connectivity index (χ0n) is 12.2. The van der Waals surface area contributed by atoms with Crippen LogP contribution in [0.25, 0.3) is 0 Å². The molecule has 0 aliphatic carbocycles. The molecule has 0 heterocycles. The van der Waals surface area contributed by atoms with Crippen molar-refractivity contribution in [3.05, 3.63) is 58.2 Å². The van der Waals surface area contributed by atoms with Gasteiger partial charge in [-0.2, -0.15) is 13.0 Å². The molecule has 16 heteroatoms. The van der Waals surface area contributed by atoms with Crippen molar-refractivity contribution in [1.29, 1.82) is 0 Å². The first-order chi connectivity index (χ1) is 12.7. The Bertz CT molecular complexity index is 1070. The molecule has 0 aliphatic rings. The van der Waals surface area contributed by atoms with Crippen molar-refractivity contribution in [3.8, 4) is 5.75 Å². The molecule has 4 nitrogen and oxygen atoms in total. The van der Waals surface area contributed by atoms with Crippen LogP contribution in [-0.4, -0.2) is 12.6 Å². The van der Waals surface area contributed by atoms with Crippen molar-refractivity contribution in [3.63, 3.8) is 0 Å². The Balaban J connectivity index is 2.65. The Morgan fingerprint density at radius 2 is 0.821 bits per heavy atom. The van der Waals surface area contributed by atoms with E-state index in [1.54, 1.807) is 0 Å². The molecule has 0 N–H and O–H groups in total. The third kappa shape index (κ3) is 3.19. The molecule has 0 amide bonds. The predicted octanol–water partition coefficient (Wildman–Crippen LogP) is 3.51. The van der Waals surface area contributed by atoms with Crippen LogP contribution in [0.4, 0.5) is 43.9 Å². The van der Waals surface area contributed by atoms with Crippen LogP contribution in [0, 0.1) is 58.2 Å². The van der Waals surface area contributed by atoms with Crippen LogP contribution >= 0.6 is 0 Å². The molecule has 28 heavy (non-hydrogen) atoms. The molecule has 2 rings (SSSR count). The van der Waals surface area contributed by atoms with E-state index in [2.05, 4.69) is 4.18 Å². The molecule has 0 spiro atoms. The smallest absolute Gasteiger partial charge is 0.334 e. The van der Waals surface area contributed by atoms with E-state index in [1.165, 1.54) is 0 Å². The molecular formula is C12F10O4S2. The van der Waals surface area contributed by atoms with Gasteiger partial charge in [0.1, 0.15) is 0 Å². The third-order valence-electron chi connectivity index (χ3n) is 2.92. The van der Waals surface area contributed by atoms with Gasteiger partial charge in [0.05, 0.1) is 0 Å². The second-order valence-corrected chi connectivity index (χ2v) is 8.56. The van der Waals surface area contributed by atoms with Crippen LogP contribution < -0.4 is 4.18 Å². The van der Waals surface area contributed by atoms with Crippen LogP contribution in [0.5, 0.6) is 5.75 Å². The topological polar surface area (TPSA) is 60.4 Å². The normalized spacial score (nSPS) is 12.9. The van der Waals surface area contributed by atoms with Crippen molar-refractivity contribution in [2.45, 2.75) is 4.90 Å². The molecule has 0 radical (unpaired) electrons. The first kappa shape index (κ1) is 21.9. The van der Waals surface area contributed by atoms with Crippen molar-refractivity contribution >= 4 is 19.0 Å². The van der Waals surface area contributed by atoms with E-state index in [9.17, 15) is 56.5 Å². The molecule has 0 bridgehead atoms. The molecule has 0 fully saturated rings. The number of benzene rings is 2. The first-order valence-electron chi connectivity index (χ1n) is 6.13. The fraction of sp³-hybridized carbons (Fsp3) is 0. The minimum Gasteiger partial charge on any atom is -0.383 e. The van der Waals surface area contributed by atoms with Gasteiger partial charge < -0.3 is 4.18 Å². The molecule has 1 atom stereocenters. The Kier molecular flexibility index (Phi) is 5.66. The van der Waals surface area contributed by atoms with Crippen LogP contribution in [0.1, 0.15) is 0 Å². The lowest BCUT2D eigenvalue weighted by Gasteiger charge is -2.11. The van der Waals surface area contributed by atoms with Gasteiger partial charge in [0.2, 0.25) is 40.7 Å². The average Bonchev–Trinajstić information content (AvgIpc) is 2.64. The highest BCUT2D eigenvalue weighted by molar-refractivity contribution is 8.62. The molecule has 1 unspecified atom stereocenters. The quantitative estimate of drug-likeness (QED) is 0.302. The van der Waals surface area contributed by atoms with Crippen LogP contribution in [0.2, 0.25) is 0 Å². The summed E-state index contributed by atoms with van der Waals surface area (Å²) in [6.45, 7) is 0. The van der Waals surface area contributed by atoms with E-state index in [4.69, 9.17) is 0 Å². The van der Waals surface area contributed by atoms with Crippen LogP contribution in [0.15, 0.2) is 4.90 Å². The van der Waals surface area contributed by atoms with Crippen molar-refractivity contribution in [2.24, 2.45) is 0 Å².